The van der Waals surface area contributed by atoms with E-state index in [1.807, 2.05) is 0 Å². The molecule has 0 aliphatic rings. The van der Waals surface area contributed by atoms with Gasteiger partial charge in [-0.3, -0.25) is 0 Å². The van der Waals surface area contributed by atoms with Crippen LogP contribution in [0.3, 0.4) is 0 Å². The summed E-state index contributed by atoms with van der Waals surface area (Å²) in [6, 6.07) is 0.988. The molecule has 70 valence electrons. The zero-order chi connectivity index (χ0) is 10.2. The SMILES string of the molecule is OB(O)c1cc(I)c(F)c(Cl)c1F. The maximum absolute atomic E-state index is 13.0. The number of hydrogen-bond donors (Lipinski definition) is 2. The van der Waals surface area contributed by atoms with Gasteiger partial charge in [0, 0.05) is 5.46 Å². The van der Waals surface area contributed by atoms with Gasteiger partial charge in [0.1, 0.15) is 10.8 Å². The zero-order valence-electron chi connectivity index (χ0n) is 6.06. The molecule has 2 nitrogen and oxygen atoms in total. The Balaban J connectivity index is 3.41. The van der Waals surface area contributed by atoms with Crippen molar-refractivity contribution in [3.8, 4) is 0 Å². The molecule has 0 saturated carbocycles. The third kappa shape index (κ3) is 2.12. The van der Waals surface area contributed by atoms with Crippen molar-refractivity contribution in [2.24, 2.45) is 0 Å². The van der Waals surface area contributed by atoms with Crippen LogP contribution in [0, 0.1) is 15.2 Å². The van der Waals surface area contributed by atoms with Gasteiger partial charge in [0.2, 0.25) is 0 Å². The van der Waals surface area contributed by atoms with Gasteiger partial charge in [-0.15, -0.1) is 0 Å². The summed E-state index contributed by atoms with van der Waals surface area (Å²) in [5, 5.41) is 16.6. The molecule has 0 spiro atoms. The Morgan fingerprint density at radius 3 is 2.31 bits per heavy atom. The van der Waals surface area contributed by atoms with E-state index < -0.39 is 29.2 Å². The van der Waals surface area contributed by atoms with E-state index in [-0.39, 0.29) is 3.57 Å². The molecule has 0 radical (unpaired) electrons. The van der Waals surface area contributed by atoms with Crippen molar-refractivity contribution in [1.29, 1.82) is 0 Å². The third-order valence-electron chi connectivity index (χ3n) is 1.41. The van der Waals surface area contributed by atoms with Gasteiger partial charge in [0.05, 0.1) is 3.57 Å². The van der Waals surface area contributed by atoms with Crippen LogP contribution in [0.4, 0.5) is 8.78 Å². The number of hydrogen-bond acceptors (Lipinski definition) is 2. The highest BCUT2D eigenvalue weighted by molar-refractivity contribution is 14.1. The summed E-state index contributed by atoms with van der Waals surface area (Å²) >= 11 is 6.83. The van der Waals surface area contributed by atoms with Crippen LogP contribution >= 0.6 is 34.2 Å². The Morgan fingerprint density at radius 2 is 1.85 bits per heavy atom. The predicted molar refractivity (Wildman–Crippen MR) is 53.9 cm³/mol. The van der Waals surface area contributed by atoms with Crippen molar-refractivity contribution < 1.29 is 18.8 Å². The molecular formula is C6H3BClF2IO2. The molecule has 2 N–H and O–H groups in total. The fourth-order valence-electron chi connectivity index (χ4n) is 0.779. The van der Waals surface area contributed by atoms with Gasteiger partial charge >= 0.3 is 7.12 Å². The predicted octanol–water partition coefficient (Wildman–Crippen LogP) is 0.903. The summed E-state index contributed by atoms with van der Waals surface area (Å²) < 4.78 is 25.9. The molecule has 0 heterocycles. The van der Waals surface area contributed by atoms with E-state index in [9.17, 15) is 8.78 Å². The Kier molecular flexibility index (Phi) is 3.50. The van der Waals surface area contributed by atoms with Crippen LogP contribution in [0.5, 0.6) is 0 Å². The summed E-state index contributed by atoms with van der Waals surface area (Å²) in [7, 11) is -1.99. The standard InChI is InChI=1S/C6H3BClF2IO2/c8-4-5(9)2(7(12)13)1-3(11)6(4)10/h1,12-13H. The fourth-order valence-corrected chi connectivity index (χ4v) is 1.75. The molecule has 0 amide bonds. The first-order chi connectivity index (χ1) is 5.95. The molecule has 0 saturated heterocycles. The molecule has 0 atom stereocenters. The van der Waals surface area contributed by atoms with Crippen LogP contribution in [-0.4, -0.2) is 17.2 Å². The molecule has 7 heteroatoms. The smallest absolute Gasteiger partial charge is 0.423 e. The lowest BCUT2D eigenvalue weighted by Crippen LogP contribution is -2.33. The van der Waals surface area contributed by atoms with Crippen LogP contribution in [0.2, 0.25) is 5.02 Å². The molecule has 1 rings (SSSR count). The molecular weight excluding hydrogens is 315 g/mol. The summed E-state index contributed by atoms with van der Waals surface area (Å²) in [6.45, 7) is 0. The lowest BCUT2D eigenvalue weighted by Gasteiger charge is -2.05. The van der Waals surface area contributed by atoms with Gasteiger partial charge in [0.25, 0.3) is 0 Å². The van der Waals surface area contributed by atoms with Crippen LogP contribution < -0.4 is 5.46 Å². The molecule has 0 aromatic heterocycles. The van der Waals surface area contributed by atoms with Gasteiger partial charge in [-0.2, -0.15) is 0 Å². The van der Waals surface area contributed by atoms with Gasteiger partial charge in [-0.25, -0.2) is 8.78 Å². The number of benzene rings is 1. The van der Waals surface area contributed by atoms with Crippen molar-refractivity contribution in [2.45, 2.75) is 0 Å². The van der Waals surface area contributed by atoms with Crippen molar-refractivity contribution in [1.82, 2.24) is 0 Å². The van der Waals surface area contributed by atoms with Crippen LogP contribution in [0.1, 0.15) is 0 Å². The van der Waals surface area contributed by atoms with Gasteiger partial charge in [-0.05, 0) is 28.7 Å². The number of rotatable bonds is 1. The quantitative estimate of drug-likeness (QED) is 0.350. The van der Waals surface area contributed by atoms with Crippen molar-refractivity contribution in [2.75, 3.05) is 0 Å². The summed E-state index contributed by atoms with van der Waals surface area (Å²) in [5.41, 5.74) is -0.434. The van der Waals surface area contributed by atoms with Crippen LogP contribution in [0.15, 0.2) is 6.07 Å². The van der Waals surface area contributed by atoms with Gasteiger partial charge < -0.3 is 10.0 Å². The molecule has 1 aromatic rings. The van der Waals surface area contributed by atoms with Crippen molar-refractivity contribution >= 4 is 46.8 Å². The van der Waals surface area contributed by atoms with E-state index in [4.69, 9.17) is 21.6 Å². The second kappa shape index (κ2) is 4.08. The van der Waals surface area contributed by atoms with Crippen LogP contribution in [-0.2, 0) is 0 Å². The molecule has 13 heavy (non-hydrogen) atoms. The second-order valence-electron chi connectivity index (χ2n) is 2.26. The third-order valence-corrected chi connectivity index (χ3v) is 2.53. The fraction of sp³-hybridized carbons (Fsp3) is 0. The summed E-state index contributed by atoms with van der Waals surface area (Å²) in [4.78, 5) is 0. The van der Waals surface area contributed by atoms with Gasteiger partial charge in [0.15, 0.2) is 5.82 Å². The maximum Gasteiger partial charge on any atom is 0.491 e. The molecule has 0 aliphatic carbocycles. The van der Waals surface area contributed by atoms with E-state index in [1.54, 1.807) is 22.6 Å². The molecule has 0 unspecified atom stereocenters. The van der Waals surface area contributed by atoms with E-state index in [2.05, 4.69) is 0 Å². The minimum absolute atomic E-state index is 0.0344. The largest absolute Gasteiger partial charge is 0.491 e. The van der Waals surface area contributed by atoms with E-state index in [1.165, 1.54) is 0 Å². The number of halogens is 4. The van der Waals surface area contributed by atoms with Crippen molar-refractivity contribution in [3.05, 3.63) is 26.3 Å². The Bertz CT molecular complexity index is 348. The van der Waals surface area contributed by atoms with Crippen molar-refractivity contribution in [3.63, 3.8) is 0 Å². The molecule has 1 aromatic carbocycles. The lowest BCUT2D eigenvalue weighted by atomic mass is 9.80. The maximum atomic E-state index is 13.0. The highest BCUT2D eigenvalue weighted by Crippen LogP contribution is 2.21. The lowest BCUT2D eigenvalue weighted by molar-refractivity contribution is 0.422. The summed E-state index contributed by atoms with van der Waals surface area (Å²) in [5.74, 6) is -2.04. The van der Waals surface area contributed by atoms with Crippen LogP contribution in [0.25, 0.3) is 0 Å². The Labute approximate surface area is 91.8 Å². The first-order valence-corrected chi connectivity index (χ1v) is 4.60. The Morgan fingerprint density at radius 1 is 1.31 bits per heavy atom. The first-order valence-electron chi connectivity index (χ1n) is 3.14. The zero-order valence-corrected chi connectivity index (χ0v) is 8.97. The Hall–Kier alpha value is 0.0849. The highest BCUT2D eigenvalue weighted by atomic mass is 127. The highest BCUT2D eigenvalue weighted by Gasteiger charge is 2.22. The first kappa shape index (κ1) is 11.2. The van der Waals surface area contributed by atoms with Gasteiger partial charge in [-0.1, -0.05) is 11.6 Å². The average molecular weight is 318 g/mol. The minimum Gasteiger partial charge on any atom is -0.423 e. The normalized spacial score (nSPS) is 10.3. The minimum atomic E-state index is -1.99. The van der Waals surface area contributed by atoms with E-state index >= 15 is 0 Å². The summed E-state index contributed by atoms with van der Waals surface area (Å²) in [6.07, 6.45) is 0. The second-order valence-corrected chi connectivity index (χ2v) is 3.80. The molecule has 0 fully saturated rings. The van der Waals surface area contributed by atoms with E-state index in [0.717, 1.165) is 6.07 Å². The molecule has 0 bridgehead atoms. The topological polar surface area (TPSA) is 40.5 Å². The molecule has 0 aliphatic heterocycles. The van der Waals surface area contributed by atoms with E-state index in [0.29, 0.717) is 0 Å². The average Bonchev–Trinajstić information content (AvgIpc) is 2.07. The monoisotopic (exact) mass is 318 g/mol.